The van der Waals surface area contributed by atoms with Crippen LogP contribution in [0.2, 0.25) is 39.3 Å². The van der Waals surface area contributed by atoms with Crippen molar-refractivity contribution in [1.82, 2.24) is 0 Å². The van der Waals surface area contributed by atoms with Gasteiger partial charge in [-0.05, 0) is 0 Å². The summed E-state index contributed by atoms with van der Waals surface area (Å²) in [6, 6.07) is 12.1. The van der Waals surface area contributed by atoms with Crippen LogP contribution in [0.5, 0.6) is 0 Å². The number of fused-ring (bicyclic) bond motifs is 1. The summed E-state index contributed by atoms with van der Waals surface area (Å²) in [5.41, 5.74) is 8.37. The monoisotopic (exact) mass is 565 g/mol. The second kappa shape index (κ2) is 9.38. The second-order valence-electron chi connectivity index (χ2n) is 11.6. The standard InChI is InChI=1S/C26H37Si2.2ClH.Zr/c1-18(2)12-20-13-21-11-10-19(3)26(25(21)14-20)22-15-23(27(4,5)6)17-24(16-22)28(7,8)9;;;/h10-11,13-18H,12H2,1-9H3;2*1H;/q;;;+2/p-2. The number of benzene rings is 2. The summed E-state index contributed by atoms with van der Waals surface area (Å²) in [5, 5.41) is 3.12. The van der Waals surface area contributed by atoms with Gasteiger partial charge in [0.05, 0.1) is 0 Å². The summed E-state index contributed by atoms with van der Waals surface area (Å²) in [5.74, 6) is 0.609. The quantitative estimate of drug-likeness (QED) is 0.309. The van der Waals surface area contributed by atoms with E-state index >= 15 is 0 Å². The maximum absolute atomic E-state index is 6.73. The van der Waals surface area contributed by atoms with Crippen LogP contribution in [-0.2, 0) is 19.4 Å². The van der Waals surface area contributed by atoms with E-state index in [4.69, 9.17) is 17.0 Å². The van der Waals surface area contributed by atoms with Crippen LogP contribution < -0.4 is 10.4 Å². The number of hydrogen-bond acceptors (Lipinski definition) is 0. The molecular formula is C26H37Cl2Si2Zr. The van der Waals surface area contributed by atoms with Crippen LogP contribution in [0, 0.1) is 12.8 Å². The molecule has 0 fully saturated rings. The number of hydrogen-bond donors (Lipinski definition) is 0. The Morgan fingerprint density at radius 3 is 1.90 bits per heavy atom. The molecule has 0 spiro atoms. The van der Waals surface area contributed by atoms with Crippen molar-refractivity contribution < 1.29 is 19.4 Å². The van der Waals surface area contributed by atoms with Gasteiger partial charge in [0.2, 0.25) is 0 Å². The van der Waals surface area contributed by atoms with Crippen molar-refractivity contribution in [3.05, 3.63) is 52.6 Å². The summed E-state index contributed by atoms with van der Waals surface area (Å²) < 4.78 is 0.291. The van der Waals surface area contributed by atoms with E-state index in [1.165, 1.54) is 33.4 Å². The van der Waals surface area contributed by atoms with Crippen LogP contribution in [0.25, 0.3) is 17.2 Å². The summed E-state index contributed by atoms with van der Waals surface area (Å²) in [4.78, 5) is 0. The Balaban J connectivity index is 2.30. The van der Waals surface area contributed by atoms with E-state index in [0.717, 1.165) is 6.42 Å². The fraction of sp³-hybridized carbons (Fsp3) is 0.462. The minimum atomic E-state index is -2.50. The third kappa shape index (κ3) is 5.60. The Hall–Kier alpha value is 0.0769. The van der Waals surface area contributed by atoms with Crippen molar-refractivity contribution in [2.75, 3.05) is 0 Å². The van der Waals surface area contributed by atoms with Crippen molar-refractivity contribution in [2.45, 2.75) is 70.1 Å². The van der Waals surface area contributed by atoms with E-state index in [2.05, 4.69) is 96.5 Å². The fourth-order valence-electron chi connectivity index (χ4n) is 4.55. The van der Waals surface area contributed by atoms with Crippen molar-refractivity contribution in [1.29, 1.82) is 0 Å². The molecule has 0 saturated heterocycles. The first-order chi connectivity index (χ1) is 14.2. The van der Waals surface area contributed by atoms with Crippen LogP contribution in [-0.4, -0.2) is 16.1 Å². The molecule has 2 aromatic carbocycles. The molecule has 5 heteroatoms. The summed E-state index contributed by atoms with van der Waals surface area (Å²) >= 11 is -2.50. The maximum atomic E-state index is 6.73. The molecule has 0 aliphatic heterocycles. The molecule has 1 aliphatic rings. The number of aryl methyl sites for hydroxylation is 1. The SMILES string of the molecule is Cc1ccc2c(c1-c1cc([Si](C)(C)C)cc([Si](C)(C)C)c1)C=C(CC(C)C)[CH]2[Zr]([Cl])[Cl]. The molecule has 3 rings (SSSR count). The van der Waals surface area contributed by atoms with E-state index in [1.54, 1.807) is 10.4 Å². The molecule has 0 saturated carbocycles. The Kier molecular flexibility index (Phi) is 7.77. The van der Waals surface area contributed by atoms with Crippen LogP contribution >= 0.6 is 17.0 Å². The molecule has 0 N–H and O–H groups in total. The van der Waals surface area contributed by atoms with Gasteiger partial charge in [0.25, 0.3) is 0 Å². The van der Waals surface area contributed by atoms with Crippen molar-refractivity contribution >= 4 is 49.6 Å². The molecule has 0 nitrogen and oxygen atoms in total. The zero-order valence-corrected chi connectivity index (χ0v) is 26.6. The molecule has 0 amide bonds. The average molecular weight is 568 g/mol. The first kappa shape index (κ1) is 25.7. The van der Waals surface area contributed by atoms with Crippen LogP contribution in [0.4, 0.5) is 0 Å². The molecule has 0 radical (unpaired) electrons. The van der Waals surface area contributed by atoms with Crippen molar-refractivity contribution in [3.63, 3.8) is 0 Å². The van der Waals surface area contributed by atoms with Gasteiger partial charge in [-0.3, -0.25) is 0 Å². The van der Waals surface area contributed by atoms with Crippen molar-refractivity contribution in [3.8, 4) is 11.1 Å². The van der Waals surface area contributed by atoms with Gasteiger partial charge in [-0.25, -0.2) is 0 Å². The zero-order valence-electron chi connectivity index (χ0n) is 20.6. The van der Waals surface area contributed by atoms with E-state index in [0.29, 0.717) is 9.54 Å². The Labute approximate surface area is 207 Å². The first-order valence-corrected chi connectivity index (χ1v) is 26.1. The number of rotatable bonds is 6. The Morgan fingerprint density at radius 2 is 1.45 bits per heavy atom. The minimum absolute atomic E-state index is 0.291. The molecule has 2 aromatic rings. The molecule has 1 unspecified atom stereocenters. The summed E-state index contributed by atoms with van der Waals surface area (Å²) in [6.45, 7) is 21.6. The third-order valence-electron chi connectivity index (χ3n) is 6.32. The molecule has 167 valence electrons. The molecule has 0 bridgehead atoms. The van der Waals surface area contributed by atoms with Crippen molar-refractivity contribution in [2.24, 2.45) is 5.92 Å². The van der Waals surface area contributed by atoms with E-state index < -0.39 is 35.5 Å². The molecule has 1 aliphatic carbocycles. The normalized spacial score (nSPS) is 16.5. The molecule has 1 atom stereocenters. The van der Waals surface area contributed by atoms with Gasteiger partial charge < -0.3 is 0 Å². The van der Waals surface area contributed by atoms with Gasteiger partial charge in [0, 0.05) is 0 Å². The first-order valence-electron chi connectivity index (χ1n) is 11.4. The van der Waals surface area contributed by atoms with Gasteiger partial charge in [0.15, 0.2) is 0 Å². The Bertz CT molecular complexity index is 979. The van der Waals surface area contributed by atoms with Crippen LogP contribution in [0.15, 0.2) is 35.9 Å². The summed E-state index contributed by atoms with van der Waals surface area (Å²) in [7, 11) is 10.6. The van der Waals surface area contributed by atoms with E-state index in [9.17, 15) is 0 Å². The molecular weight excluding hydrogens is 531 g/mol. The number of halogens is 2. The molecule has 0 heterocycles. The number of allylic oxidation sites excluding steroid dienone is 1. The van der Waals surface area contributed by atoms with Crippen LogP contribution in [0.1, 0.15) is 40.6 Å². The average Bonchev–Trinajstić information content (AvgIpc) is 2.96. The van der Waals surface area contributed by atoms with Gasteiger partial charge in [-0.15, -0.1) is 0 Å². The Morgan fingerprint density at radius 1 is 0.903 bits per heavy atom. The predicted molar refractivity (Wildman–Crippen MR) is 144 cm³/mol. The molecule has 0 aromatic heterocycles. The second-order valence-corrected chi connectivity index (χ2v) is 30.6. The topological polar surface area (TPSA) is 0 Å². The third-order valence-corrected chi connectivity index (χ3v) is 15.7. The van der Waals surface area contributed by atoms with Gasteiger partial charge in [-0.1, -0.05) is 0 Å². The zero-order chi connectivity index (χ0) is 23.3. The van der Waals surface area contributed by atoms with E-state index in [-0.39, 0.29) is 0 Å². The predicted octanol–water partition coefficient (Wildman–Crippen LogP) is 8.16. The molecule has 31 heavy (non-hydrogen) atoms. The van der Waals surface area contributed by atoms with Gasteiger partial charge >= 0.3 is 209 Å². The van der Waals surface area contributed by atoms with Gasteiger partial charge in [0.1, 0.15) is 0 Å². The summed E-state index contributed by atoms with van der Waals surface area (Å²) in [6.07, 6.45) is 3.53. The van der Waals surface area contributed by atoms with E-state index in [1.807, 2.05) is 0 Å². The van der Waals surface area contributed by atoms with Crippen LogP contribution in [0.3, 0.4) is 0 Å². The van der Waals surface area contributed by atoms with Gasteiger partial charge in [-0.2, -0.15) is 0 Å². The fourth-order valence-corrected chi connectivity index (χ4v) is 12.5.